The number of carboxylic acid groups (broad SMARTS) is 1. The molecule has 1 aliphatic carbocycles. The second kappa shape index (κ2) is 8.89. The zero-order chi connectivity index (χ0) is 17.4. The number of carboxylic acids is 1. The highest BCUT2D eigenvalue weighted by molar-refractivity contribution is 5.83. The van der Waals surface area contributed by atoms with Gasteiger partial charge in [-0.15, -0.1) is 0 Å². The first-order valence-electron chi connectivity index (χ1n) is 7.42. The average Bonchev–Trinajstić information content (AvgIpc) is 2.85. The zero-order valence-corrected chi connectivity index (χ0v) is 13.1. The molecule has 0 spiro atoms. The van der Waals surface area contributed by atoms with E-state index >= 15 is 0 Å². The molecule has 1 aromatic rings. The molecule has 0 aromatic heterocycles. The predicted molar refractivity (Wildman–Crippen MR) is 85.4 cm³/mol. The van der Waals surface area contributed by atoms with Gasteiger partial charge in [0.05, 0.1) is 0 Å². The van der Waals surface area contributed by atoms with E-state index in [0.717, 1.165) is 12.8 Å². The van der Waals surface area contributed by atoms with Gasteiger partial charge in [0.2, 0.25) is 11.8 Å². The van der Waals surface area contributed by atoms with Crippen molar-refractivity contribution in [1.29, 1.82) is 0 Å². The number of carbonyl (C=O) groups excluding carboxylic acids is 2. The van der Waals surface area contributed by atoms with E-state index in [1.165, 1.54) is 18.1 Å². The number of amides is 2. The molecule has 7 heteroatoms. The fourth-order valence-corrected chi connectivity index (χ4v) is 2.38. The second-order valence-corrected chi connectivity index (χ2v) is 5.44. The van der Waals surface area contributed by atoms with Gasteiger partial charge in [-0.2, -0.15) is 0 Å². The number of fused-ring (bicyclic) bond motifs is 1. The molecule has 7 nitrogen and oxygen atoms in total. The lowest BCUT2D eigenvalue weighted by atomic mass is 10.1. The summed E-state index contributed by atoms with van der Waals surface area (Å²) in [5, 5.41) is 10.8. The molecule has 0 bridgehead atoms. The minimum absolute atomic E-state index is 0.0181. The van der Waals surface area contributed by atoms with Gasteiger partial charge in [-0.3, -0.25) is 9.59 Å². The van der Waals surface area contributed by atoms with Gasteiger partial charge < -0.3 is 21.9 Å². The van der Waals surface area contributed by atoms with Gasteiger partial charge >= 0.3 is 5.97 Å². The molecule has 6 N–H and O–H groups in total. The largest absolute Gasteiger partial charge is 0.480 e. The minimum atomic E-state index is -1.17. The molecule has 0 saturated heterocycles. The highest BCUT2D eigenvalue weighted by Gasteiger charge is 2.18. The summed E-state index contributed by atoms with van der Waals surface area (Å²) < 4.78 is 0. The van der Waals surface area contributed by atoms with Crippen LogP contribution in [0.25, 0.3) is 0 Å². The maximum Gasteiger partial charge on any atom is 0.326 e. The molecule has 1 unspecified atom stereocenters. The van der Waals surface area contributed by atoms with Gasteiger partial charge in [0, 0.05) is 19.4 Å². The van der Waals surface area contributed by atoms with Crippen molar-refractivity contribution in [2.24, 2.45) is 11.5 Å². The minimum Gasteiger partial charge on any atom is -0.480 e. The van der Waals surface area contributed by atoms with Crippen molar-refractivity contribution < 1.29 is 19.5 Å². The van der Waals surface area contributed by atoms with Crippen molar-refractivity contribution in [3.05, 3.63) is 35.4 Å². The topological polar surface area (TPSA) is 136 Å². The van der Waals surface area contributed by atoms with Gasteiger partial charge in [0.1, 0.15) is 6.04 Å². The number of hydrogen-bond acceptors (Lipinski definition) is 4. The van der Waals surface area contributed by atoms with Crippen LogP contribution in [-0.2, 0) is 20.8 Å². The number of benzene rings is 1. The lowest BCUT2D eigenvalue weighted by Crippen LogP contribution is -2.40. The second-order valence-electron chi connectivity index (χ2n) is 5.44. The molecule has 0 fully saturated rings. The molecule has 1 aromatic carbocycles. The summed E-state index contributed by atoms with van der Waals surface area (Å²) in [5.74, 6) is -2.20. The van der Waals surface area contributed by atoms with Crippen LogP contribution in [0.2, 0.25) is 0 Å². The molecule has 0 radical (unpaired) electrons. The molecule has 2 amide bonds. The number of hydrogen-bond donors (Lipinski definition) is 4. The van der Waals surface area contributed by atoms with Crippen molar-refractivity contribution in [3.8, 4) is 0 Å². The van der Waals surface area contributed by atoms with Crippen molar-refractivity contribution in [2.75, 3.05) is 0 Å². The van der Waals surface area contributed by atoms with E-state index in [1.54, 1.807) is 0 Å². The summed E-state index contributed by atoms with van der Waals surface area (Å²) in [7, 11) is 0. The van der Waals surface area contributed by atoms with Gasteiger partial charge in [-0.05, 0) is 30.4 Å². The van der Waals surface area contributed by atoms with Gasteiger partial charge in [-0.25, -0.2) is 4.79 Å². The Bertz CT molecular complexity index is 574. The van der Waals surface area contributed by atoms with Crippen molar-refractivity contribution >= 4 is 17.8 Å². The van der Waals surface area contributed by atoms with Crippen LogP contribution in [-0.4, -0.2) is 28.9 Å². The summed E-state index contributed by atoms with van der Waals surface area (Å²) in [6.07, 6.45) is 2.25. The van der Waals surface area contributed by atoms with Gasteiger partial charge in [0.25, 0.3) is 0 Å². The standard InChI is InChI=1S/C9H11N.C7H12N2O4/c10-9-6-5-7-3-1-2-4-8(7)9;1-4(10)9-5(7(12)13)2-3-6(8)11/h1-4,9H,5-6,10H2;5H,2-3H2,1H3,(H2,8,11)(H,9,10)(H,12,13)/t;5-/m.0/s1. The number of rotatable bonds is 5. The fourth-order valence-electron chi connectivity index (χ4n) is 2.38. The zero-order valence-electron chi connectivity index (χ0n) is 13.1. The molecule has 23 heavy (non-hydrogen) atoms. The maximum atomic E-state index is 10.5. The highest BCUT2D eigenvalue weighted by Crippen LogP contribution is 2.28. The van der Waals surface area contributed by atoms with E-state index < -0.39 is 23.8 Å². The van der Waals surface area contributed by atoms with Crippen LogP contribution in [0.15, 0.2) is 24.3 Å². The first-order chi connectivity index (χ1) is 10.8. The average molecular weight is 321 g/mol. The van der Waals surface area contributed by atoms with E-state index in [4.69, 9.17) is 16.6 Å². The highest BCUT2D eigenvalue weighted by atomic mass is 16.4. The third kappa shape index (κ3) is 6.48. The molecular formula is C16H23N3O4. The Balaban J connectivity index is 0.000000235. The van der Waals surface area contributed by atoms with Crippen LogP contribution < -0.4 is 16.8 Å². The van der Waals surface area contributed by atoms with E-state index in [9.17, 15) is 14.4 Å². The predicted octanol–water partition coefficient (Wildman–Crippen LogP) is 0.474. The number of primary amides is 1. The third-order valence-corrected chi connectivity index (χ3v) is 3.53. The maximum absolute atomic E-state index is 10.5. The van der Waals surface area contributed by atoms with E-state index in [2.05, 4.69) is 29.6 Å². The first kappa shape index (κ1) is 18.6. The monoisotopic (exact) mass is 321 g/mol. The third-order valence-electron chi connectivity index (χ3n) is 3.53. The normalized spacial score (nSPS) is 16.5. The van der Waals surface area contributed by atoms with Crippen LogP contribution in [0.5, 0.6) is 0 Å². The number of nitrogens with two attached hydrogens (primary N) is 2. The molecule has 0 aliphatic heterocycles. The van der Waals surface area contributed by atoms with Gasteiger partial charge in [0.15, 0.2) is 0 Å². The summed E-state index contributed by atoms with van der Waals surface area (Å²) in [5.41, 5.74) is 13.5. The van der Waals surface area contributed by atoms with Crippen LogP contribution in [0, 0.1) is 0 Å². The molecule has 126 valence electrons. The summed E-state index contributed by atoms with van der Waals surface area (Å²) in [4.78, 5) is 31.3. The van der Waals surface area contributed by atoms with Crippen molar-refractivity contribution in [2.45, 2.75) is 44.7 Å². The number of carbonyl (C=O) groups is 3. The molecular weight excluding hydrogens is 298 g/mol. The van der Waals surface area contributed by atoms with Crippen LogP contribution >= 0.6 is 0 Å². The Labute approximate surface area is 135 Å². The van der Waals surface area contributed by atoms with Crippen molar-refractivity contribution in [1.82, 2.24) is 5.32 Å². The van der Waals surface area contributed by atoms with Crippen LogP contribution in [0.3, 0.4) is 0 Å². The molecule has 2 rings (SSSR count). The smallest absolute Gasteiger partial charge is 0.326 e. The summed E-state index contributed by atoms with van der Waals surface area (Å²) >= 11 is 0. The number of aliphatic carboxylic acids is 1. The Morgan fingerprint density at radius 1 is 1.35 bits per heavy atom. The number of nitrogens with one attached hydrogen (secondary N) is 1. The molecule has 1 aliphatic rings. The molecule has 2 atom stereocenters. The SMILES string of the molecule is CC(=O)N[C@@H](CCC(N)=O)C(=O)O.NC1CCc2ccccc21. The van der Waals surface area contributed by atoms with Crippen LogP contribution in [0.4, 0.5) is 0 Å². The quantitative estimate of drug-likeness (QED) is 0.625. The molecule has 0 heterocycles. The Morgan fingerprint density at radius 3 is 2.52 bits per heavy atom. The van der Waals surface area contributed by atoms with Crippen LogP contribution in [0.1, 0.15) is 43.4 Å². The number of aryl methyl sites for hydroxylation is 1. The Hall–Kier alpha value is -2.41. The fraction of sp³-hybridized carbons (Fsp3) is 0.438. The summed E-state index contributed by atoms with van der Waals surface area (Å²) in [6.45, 7) is 1.21. The van der Waals surface area contributed by atoms with Gasteiger partial charge in [-0.1, -0.05) is 24.3 Å². The van der Waals surface area contributed by atoms with E-state index in [-0.39, 0.29) is 12.8 Å². The first-order valence-corrected chi connectivity index (χ1v) is 7.42. The molecule has 0 saturated carbocycles. The lowest BCUT2D eigenvalue weighted by molar-refractivity contribution is -0.141. The lowest BCUT2D eigenvalue weighted by Gasteiger charge is -2.11. The Morgan fingerprint density at radius 2 is 2.00 bits per heavy atom. The van der Waals surface area contributed by atoms with Crippen molar-refractivity contribution in [3.63, 3.8) is 0 Å². The Kier molecular flexibility index (Phi) is 7.21. The van der Waals surface area contributed by atoms with E-state index in [1.807, 2.05) is 0 Å². The van der Waals surface area contributed by atoms with E-state index in [0.29, 0.717) is 6.04 Å². The summed E-state index contributed by atoms with van der Waals surface area (Å²) in [6, 6.07) is 7.71.